The Balaban J connectivity index is 1.74. The van der Waals surface area contributed by atoms with Gasteiger partial charge in [0.05, 0.1) is 18.7 Å². The normalized spacial score (nSPS) is 12.5. The Bertz CT molecular complexity index is 635. The first-order valence-corrected chi connectivity index (χ1v) is 5.74. The van der Waals surface area contributed by atoms with Gasteiger partial charge in [-0.25, -0.2) is 0 Å². The van der Waals surface area contributed by atoms with Gasteiger partial charge in [0.1, 0.15) is 0 Å². The van der Waals surface area contributed by atoms with Gasteiger partial charge >= 0.3 is 0 Å². The van der Waals surface area contributed by atoms with Crippen LogP contribution in [-0.2, 0) is 6.42 Å². The SMILES string of the molecule is OC(Cc1nc(-c2cn[nH]n2)no1)c1ccccc1. The van der Waals surface area contributed by atoms with Crippen molar-refractivity contribution in [2.24, 2.45) is 0 Å². The van der Waals surface area contributed by atoms with Gasteiger partial charge in [-0.2, -0.15) is 20.4 Å². The Hall–Kier alpha value is -2.54. The van der Waals surface area contributed by atoms with Crippen molar-refractivity contribution in [2.45, 2.75) is 12.5 Å². The molecule has 0 fully saturated rings. The molecule has 1 unspecified atom stereocenters. The smallest absolute Gasteiger partial charge is 0.229 e. The highest BCUT2D eigenvalue weighted by Gasteiger charge is 2.15. The lowest BCUT2D eigenvalue weighted by atomic mass is 10.1. The predicted molar refractivity (Wildman–Crippen MR) is 64.8 cm³/mol. The standard InChI is InChI=1S/C12H11N5O2/c18-10(8-4-2-1-3-5-8)6-11-14-12(16-19-11)9-7-13-17-15-9/h1-5,7,10,18H,6H2,(H,13,15,17). The van der Waals surface area contributed by atoms with Gasteiger partial charge in [-0.1, -0.05) is 35.5 Å². The van der Waals surface area contributed by atoms with Crippen molar-refractivity contribution in [3.63, 3.8) is 0 Å². The molecule has 0 spiro atoms. The number of rotatable bonds is 4. The minimum Gasteiger partial charge on any atom is -0.388 e. The molecule has 0 radical (unpaired) electrons. The van der Waals surface area contributed by atoms with Crippen LogP contribution >= 0.6 is 0 Å². The summed E-state index contributed by atoms with van der Waals surface area (Å²) in [5, 5.41) is 23.8. The fourth-order valence-corrected chi connectivity index (χ4v) is 1.71. The zero-order valence-corrected chi connectivity index (χ0v) is 9.89. The number of aromatic nitrogens is 5. The lowest BCUT2D eigenvalue weighted by Crippen LogP contribution is -2.01. The molecule has 0 saturated heterocycles. The Morgan fingerprint density at radius 1 is 1.26 bits per heavy atom. The molecule has 2 aromatic heterocycles. The fraction of sp³-hybridized carbons (Fsp3) is 0.167. The second-order valence-corrected chi connectivity index (χ2v) is 4.00. The molecular formula is C12H11N5O2. The number of benzene rings is 1. The topological polar surface area (TPSA) is 101 Å². The molecule has 96 valence electrons. The van der Waals surface area contributed by atoms with Crippen LogP contribution in [-0.4, -0.2) is 30.7 Å². The predicted octanol–water partition coefficient (Wildman–Crippen LogP) is 1.13. The van der Waals surface area contributed by atoms with E-state index in [9.17, 15) is 5.11 Å². The third kappa shape index (κ3) is 2.50. The number of hydrogen-bond donors (Lipinski definition) is 2. The minimum atomic E-state index is -0.674. The molecule has 0 bridgehead atoms. The molecule has 7 heteroatoms. The Morgan fingerprint density at radius 3 is 2.84 bits per heavy atom. The molecule has 1 atom stereocenters. The number of nitrogens with zero attached hydrogens (tertiary/aromatic N) is 4. The van der Waals surface area contributed by atoms with Gasteiger partial charge in [-0.3, -0.25) is 0 Å². The van der Waals surface area contributed by atoms with E-state index < -0.39 is 6.10 Å². The summed E-state index contributed by atoms with van der Waals surface area (Å²) in [5.74, 6) is 0.707. The second-order valence-electron chi connectivity index (χ2n) is 4.00. The largest absolute Gasteiger partial charge is 0.388 e. The maximum atomic E-state index is 10.1. The van der Waals surface area contributed by atoms with Gasteiger partial charge < -0.3 is 9.63 Å². The average Bonchev–Trinajstić information content (AvgIpc) is 3.10. The third-order valence-electron chi connectivity index (χ3n) is 2.66. The number of aliphatic hydroxyl groups is 1. The molecule has 2 N–H and O–H groups in total. The maximum absolute atomic E-state index is 10.1. The van der Waals surface area contributed by atoms with E-state index in [0.717, 1.165) is 5.56 Å². The Morgan fingerprint density at radius 2 is 2.11 bits per heavy atom. The lowest BCUT2D eigenvalue weighted by molar-refractivity contribution is 0.165. The number of aliphatic hydroxyl groups excluding tert-OH is 1. The fourth-order valence-electron chi connectivity index (χ4n) is 1.71. The van der Waals surface area contributed by atoms with Gasteiger partial charge in [0.15, 0.2) is 5.69 Å². The van der Waals surface area contributed by atoms with Crippen LogP contribution in [0.3, 0.4) is 0 Å². The first-order valence-electron chi connectivity index (χ1n) is 5.74. The number of hydrogen-bond acceptors (Lipinski definition) is 6. The molecule has 3 rings (SSSR count). The molecule has 0 saturated carbocycles. The van der Waals surface area contributed by atoms with E-state index in [-0.39, 0.29) is 6.42 Å². The van der Waals surface area contributed by atoms with Crippen molar-refractivity contribution in [3.8, 4) is 11.5 Å². The molecule has 0 aliphatic heterocycles. The first kappa shape index (κ1) is 11.5. The van der Waals surface area contributed by atoms with Crippen LogP contribution in [0.1, 0.15) is 17.6 Å². The molecular weight excluding hydrogens is 246 g/mol. The quantitative estimate of drug-likeness (QED) is 0.726. The highest BCUT2D eigenvalue weighted by molar-refractivity contribution is 5.44. The zero-order chi connectivity index (χ0) is 13.1. The monoisotopic (exact) mass is 257 g/mol. The summed E-state index contributed by atoms with van der Waals surface area (Å²) in [6.07, 6.45) is 1.09. The Labute approximate surface area is 108 Å². The van der Waals surface area contributed by atoms with E-state index in [1.807, 2.05) is 30.3 Å². The van der Waals surface area contributed by atoms with Gasteiger partial charge in [0.2, 0.25) is 11.7 Å². The number of aromatic amines is 1. The molecule has 0 aliphatic carbocycles. The molecule has 3 aromatic rings. The molecule has 2 heterocycles. The molecule has 1 aromatic carbocycles. The Kier molecular flexibility index (Phi) is 3.03. The summed E-state index contributed by atoms with van der Waals surface area (Å²) in [7, 11) is 0. The van der Waals surface area contributed by atoms with Crippen LogP contribution in [0.2, 0.25) is 0 Å². The van der Waals surface area contributed by atoms with Gasteiger partial charge in [0, 0.05) is 0 Å². The van der Waals surface area contributed by atoms with Crippen molar-refractivity contribution >= 4 is 0 Å². The van der Waals surface area contributed by atoms with Gasteiger partial charge in [0.25, 0.3) is 0 Å². The van der Waals surface area contributed by atoms with E-state index in [4.69, 9.17) is 4.52 Å². The van der Waals surface area contributed by atoms with Crippen LogP contribution in [0, 0.1) is 0 Å². The maximum Gasteiger partial charge on any atom is 0.229 e. The summed E-state index contributed by atoms with van der Waals surface area (Å²) < 4.78 is 5.08. The summed E-state index contributed by atoms with van der Waals surface area (Å²) in [6, 6.07) is 9.32. The molecule has 0 amide bonds. The van der Waals surface area contributed by atoms with E-state index in [2.05, 4.69) is 25.6 Å². The van der Waals surface area contributed by atoms with Gasteiger partial charge in [-0.05, 0) is 5.56 Å². The molecule has 19 heavy (non-hydrogen) atoms. The minimum absolute atomic E-state index is 0.259. The third-order valence-corrected chi connectivity index (χ3v) is 2.66. The van der Waals surface area contributed by atoms with Crippen LogP contribution in [0.15, 0.2) is 41.1 Å². The van der Waals surface area contributed by atoms with E-state index in [1.54, 1.807) is 0 Å². The molecule has 7 nitrogen and oxygen atoms in total. The van der Waals surface area contributed by atoms with Crippen LogP contribution < -0.4 is 0 Å². The lowest BCUT2D eigenvalue weighted by Gasteiger charge is -2.07. The van der Waals surface area contributed by atoms with Crippen LogP contribution in [0.4, 0.5) is 0 Å². The highest BCUT2D eigenvalue weighted by atomic mass is 16.5. The zero-order valence-electron chi connectivity index (χ0n) is 9.89. The van der Waals surface area contributed by atoms with E-state index in [0.29, 0.717) is 17.4 Å². The second kappa shape index (κ2) is 4.99. The number of nitrogens with one attached hydrogen (secondary N) is 1. The number of H-pyrrole nitrogens is 1. The van der Waals surface area contributed by atoms with E-state index in [1.165, 1.54) is 6.20 Å². The summed E-state index contributed by atoms with van der Waals surface area (Å²) in [5.41, 5.74) is 1.31. The highest BCUT2D eigenvalue weighted by Crippen LogP contribution is 2.18. The summed E-state index contributed by atoms with van der Waals surface area (Å²) in [4.78, 5) is 4.16. The first-order chi connectivity index (χ1) is 9.33. The van der Waals surface area contributed by atoms with Crippen molar-refractivity contribution in [1.82, 2.24) is 25.6 Å². The summed E-state index contributed by atoms with van der Waals surface area (Å²) >= 11 is 0. The van der Waals surface area contributed by atoms with Crippen molar-refractivity contribution < 1.29 is 9.63 Å². The average molecular weight is 257 g/mol. The van der Waals surface area contributed by atoms with Crippen molar-refractivity contribution in [1.29, 1.82) is 0 Å². The molecule has 0 aliphatic rings. The van der Waals surface area contributed by atoms with Crippen LogP contribution in [0.5, 0.6) is 0 Å². The van der Waals surface area contributed by atoms with Crippen LogP contribution in [0.25, 0.3) is 11.5 Å². The van der Waals surface area contributed by atoms with Crippen molar-refractivity contribution in [2.75, 3.05) is 0 Å². The van der Waals surface area contributed by atoms with E-state index >= 15 is 0 Å². The summed E-state index contributed by atoms with van der Waals surface area (Å²) in [6.45, 7) is 0. The van der Waals surface area contributed by atoms with Gasteiger partial charge in [-0.15, -0.1) is 0 Å². The van der Waals surface area contributed by atoms with Crippen molar-refractivity contribution in [3.05, 3.63) is 48.0 Å².